The fourth-order valence-electron chi connectivity index (χ4n) is 1.28. The quantitative estimate of drug-likeness (QED) is 0.648. The Morgan fingerprint density at radius 2 is 2.07 bits per heavy atom. The van der Waals surface area contributed by atoms with Crippen LogP contribution in [0, 0.1) is 0 Å². The summed E-state index contributed by atoms with van der Waals surface area (Å²) < 4.78 is 5.62. The number of hydrogen-bond donors (Lipinski definition) is 1. The van der Waals surface area contributed by atoms with E-state index in [2.05, 4.69) is 4.42 Å². The van der Waals surface area contributed by atoms with Gasteiger partial charge in [-0.15, -0.1) is 0 Å². The first-order chi connectivity index (χ1) is 6.59. The van der Waals surface area contributed by atoms with Crippen LogP contribution >= 0.6 is 0 Å². The minimum atomic E-state index is -0.737. The molecule has 1 heterocycles. The average Bonchev–Trinajstić information content (AvgIpc) is 2.14. The van der Waals surface area contributed by atoms with Crippen LogP contribution in [-0.4, -0.2) is 9.67 Å². The molecule has 1 aromatic carbocycles. The first-order valence-electron chi connectivity index (χ1n) is 3.92. The molecule has 0 saturated carbocycles. The van der Waals surface area contributed by atoms with Gasteiger partial charge < -0.3 is 9.52 Å². The van der Waals surface area contributed by atoms with Gasteiger partial charge in [0.15, 0.2) is 0 Å². The molecule has 0 radical (unpaired) electrons. The first kappa shape index (κ1) is 8.55. The van der Waals surface area contributed by atoms with Crippen LogP contribution in [0.5, 0.6) is 5.75 Å². The number of aromatic nitrogens is 1. The van der Waals surface area contributed by atoms with Crippen LogP contribution in [0.3, 0.4) is 0 Å². The van der Waals surface area contributed by atoms with Crippen molar-refractivity contribution in [3.8, 4) is 5.75 Å². The van der Waals surface area contributed by atoms with Gasteiger partial charge in [0.1, 0.15) is 5.75 Å². The molecule has 2 rings (SSSR count). The predicted molar refractivity (Wildman–Crippen MR) is 49.4 cm³/mol. The summed E-state index contributed by atoms with van der Waals surface area (Å²) in [6.07, 6.45) is 0. The van der Waals surface area contributed by atoms with Gasteiger partial charge in [-0.1, -0.05) is 0 Å². The smallest absolute Gasteiger partial charge is 0.422 e. The molecule has 14 heavy (non-hydrogen) atoms. The Bertz CT molecular complexity index is 608. The maximum absolute atomic E-state index is 11.2. The lowest BCUT2D eigenvalue weighted by molar-refractivity contribution is 0.431. The van der Waals surface area contributed by atoms with Crippen LogP contribution in [0.25, 0.3) is 10.9 Å². The van der Waals surface area contributed by atoms with E-state index in [4.69, 9.17) is 5.11 Å². The molecule has 0 atom stereocenters. The second-order valence-corrected chi connectivity index (χ2v) is 2.92. The third kappa shape index (κ3) is 1.10. The van der Waals surface area contributed by atoms with E-state index in [9.17, 15) is 9.59 Å². The highest BCUT2D eigenvalue weighted by molar-refractivity contribution is 5.78. The van der Waals surface area contributed by atoms with Gasteiger partial charge in [-0.3, -0.25) is 4.57 Å². The van der Waals surface area contributed by atoms with Crippen molar-refractivity contribution in [1.82, 2.24) is 4.57 Å². The molecule has 5 nitrogen and oxygen atoms in total. The highest BCUT2D eigenvalue weighted by atomic mass is 16.4. The summed E-state index contributed by atoms with van der Waals surface area (Å²) in [4.78, 5) is 22.3. The van der Waals surface area contributed by atoms with Crippen molar-refractivity contribution >= 4 is 10.9 Å². The number of hydrogen-bond acceptors (Lipinski definition) is 4. The number of benzene rings is 1. The number of fused-ring (bicyclic) bond motifs is 1. The van der Waals surface area contributed by atoms with Gasteiger partial charge in [-0.25, -0.2) is 9.59 Å². The number of phenolic OH excluding ortho intramolecular Hbond substituents is 1. The lowest BCUT2D eigenvalue weighted by atomic mass is 10.2. The van der Waals surface area contributed by atoms with Crippen LogP contribution in [0.2, 0.25) is 0 Å². The maximum Gasteiger partial charge on any atom is 0.422 e. The van der Waals surface area contributed by atoms with Crippen molar-refractivity contribution < 1.29 is 9.52 Å². The van der Waals surface area contributed by atoms with Gasteiger partial charge in [0, 0.05) is 7.05 Å². The van der Waals surface area contributed by atoms with Crippen LogP contribution in [-0.2, 0) is 7.05 Å². The normalized spacial score (nSPS) is 10.6. The van der Waals surface area contributed by atoms with E-state index in [-0.39, 0.29) is 11.1 Å². The third-order valence-electron chi connectivity index (χ3n) is 2.02. The van der Waals surface area contributed by atoms with Gasteiger partial charge in [0.05, 0.1) is 10.9 Å². The Labute approximate surface area is 77.8 Å². The molecule has 0 fully saturated rings. The van der Waals surface area contributed by atoms with Gasteiger partial charge in [0.25, 0.3) is 0 Å². The summed E-state index contributed by atoms with van der Waals surface area (Å²) >= 11 is 0. The lowest BCUT2D eigenvalue weighted by Crippen LogP contribution is -2.22. The Kier molecular flexibility index (Phi) is 1.67. The third-order valence-corrected chi connectivity index (χ3v) is 2.02. The number of aryl methyl sites for hydroxylation is 1. The average molecular weight is 193 g/mol. The van der Waals surface area contributed by atoms with Crippen molar-refractivity contribution in [3.63, 3.8) is 0 Å². The number of rotatable bonds is 0. The first-order valence-corrected chi connectivity index (χ1v) is 3.92. The van der Waals surface area contributed by atoms with Crippen LogP contribution < -0.4 is 11.4 Å². The zero-order valence-corrected chi connectivity index (χ0v) is 7.35. The van der Waals surface area contributed by atoms with Crippen molar-refractivity contribution in [2.75, 3.05) is 0 Å². The summed E-state index contributed by atoms with van der Waals surface area (Å²) in [7, 11) is 1.49. The molecular formula is C9H7NO4. The molecule has 2 aromatic rings. The molecule has 0 unspecified atom stereocenters. The molecule has 0 aliphatic carbocycles. The van der Waals surface area contributed by atoms with E-state index >= 15 is 0 Å². The summed E-state index contributed by atoms with van der Waals surface area (Å²) in [6.45, 7) is 0. The Morgan fingerprint density at radius 3 is 2.79 bits per heavy atom. The monoisotopic (exact) mass is 193 g/mol. The van der Waals surface area contributed by atoms with Crippen molar-refractivity contribution in [2.45, 2.75) is 0 Å². The minimum Gasteiger partial charge on any atom is -0.508 e. The molecule has 1 N–H and O–H groups in total. The molecule has 0 spiro atoms. The fraction of sp³-hybridized carbons (Fsp3) is 0.111. The molecule has 0 bridgehead atoms. The summed E-state index contributed by atoms with van der Waals surface area (Å²) in [5, 5.41) is 9.33. The molecule has 5 heteroatoms. The standard InChI is InChI=1S/C9H7NO4/c1-10-7-3-2-5(11)4-6(7)8(12)14-9(10)13/h2-4,11H,1H3. The minimum absolute atomic E-state index is 0.0385. The molecular weight excluding hydrogens is 186 g/mol. The highest BCUT2D eigenvalue weighted by Crippen LogP contribution is 2.14. The molecule has 1 aromatic heterocycles. The molecule has 0 aliphatic heterocycles. The van der Waals surface area contributed by atoms with E-state index < -0.39 is 11.4 Å². The van der Waals surface area contributed by atoms with Crippen LogP contribution in [0.15, 0.2) is 32.2 Å². The van der Waals surface area contributed by atoms with Crippen LogP contribution in [0.4, 0.5) is 0 Å². The van der Waals surface area contributed by atoms with Crippen LogP contribution in [0.1, 0.15) is 0 Å². The van der Waals surface area contributed by atoms with E-state index in [1.165, 1.54) is 29.8 Å². The number of aromatic hydroxyl groups is 1. The van der Waals surface area contributed by atoms with E-state index in [1.54, 1.807) is 0 Å². The Balaban J connectivity index is 3.10. The topological polar surface area (TPSA) is 72.4 Å². The van der Waals surface area contributed by atoms with Gasteiger partial charge >= 0.3 is 11.4 Å². The second kappa shape index (κ2) is 2.73. The fourth-order valence-corrected chi connectivity index (χ4v) is 1.28. The van der Waals surface area contributed by atoms with Crippen molar-refractivity contribution in [1.29, 1.82) is 0 Å². The number of nitrogens with zero attached hydrogens (tertiary/aromatic N) is 1. The highest BCUT2D eigenvalue weighted by Gasteiger charge is 2.06. The molecule has 0 saturated heterocycles. The SMILES string of the molecule is Cn1c(=O)oc(=O)c2cc(O)ccc21. The van der Waals surface area contributed by atoms with Gasteiger partial charge in [0.2, 0.25) is 0 Å². The summed E-state index contributed by atoms with van der Waals surface area (Å²) in [5.74, 6) is -0.753. The van der Waals surface area contributed by atoms with E-state index in [1.807, 2.05) is 0 Å². The van der Waals surface area contributed by atoms with Gasteiger partial charge in [-0.2, -0.15) is 0 Å². The summed E-state index contributed by atoms with van der Waals surface area (Å²) in [6, 6.07) is 4.16. The molecule has 72 valence electrons. The van der Waals surface area contributed by atoms with E-state index in [0.717, 1.165) is 0 Å². The molecule has 0 amide bonds. The van der Waals surface area contributed by atoms with Gasteiger partial charge in [-0.05, 0) is 18.2 Å². The second-order valence-electron chi connectivity index (χ2n) is 2.92. The zero-order chi connectivity index (χ0) is 10.3. The van der Waals surface area contributed by atoms with Crippen molar-refractivity contribution in [3.05, 3.63) is 39.2 Å². The number of phenols is 1. The summed E-state index contributed by atoms with van der Waals surface area (Å²) in [5.41, 5.74) is -0.303. The Morgan fingerprint density at radius 1 is 1.36 bits per heavy atom. The lowest BCUT2D eigenvalue weighted by Gasteiger charge is -2.01. The predicted octanol–water partition coefficient (Wildman–Crippen LogP) is 0.197. The largest absolute Gasteiger partial charge is 0.508 e. The zero-order valence-electron chi connectivity index (χ0n) is 7.35. The maximum atomic E-state index is 11.2. The Hall–Kier alpha value is -2.04. The van der Waals surface area contributed by atoms with Crippen molar-refractivity contribution in [2.24, 2.45) is 7.05 Å². The van der Waals surface area contributed by atoms with E-state index in [0.29, 0.717) is 5.52 Å². The molecule has 0 aliphatic rings.